The van der Waals surface area contributed by atoms with Gasteiger partial charge in [-0.05, 0) is 13.8 Å². The van der Waals surface area contributed by atoms with Gasteiger partial charge in [-0.15, -0.1) is 11.3 Å². The topological polar surface area (TPSA) is 91.4 Å². The molecular formula is C12H15N7S. The van der Waals surface area contributed by atoms with Crippen LogP contribution in [-0.2, 0) is 6.54 Å². The van der Waals surface area contributed by atoms with Crippen molar-refractivity contribution < 1.29 is 0 Å². The molecule has 0 saturated heterocycles. The van der Waals surface area contributed by atoms with E-state index in [9.17, 15) is 0 Å². The molecule has 0 spiro atoms. The molecule has 0 aromatic carbocycles. The molecule has 3 aromatic heterocycles. The monoisotopic (exact) mass is 289 g/mol. The van der Waals surface area contributed by atoms with Crippen molar-refractivity contribution in [1.82, 2.24) is 25.1 Å². The highest BCUT2D eigenvalue weighted by Crippen LogP contribution is 2.21. The maximum Gasteiger partial charge on any atom is 0.226 e. The first kappa shape index (κ1) is 12.8. The van der Waals surface area contributed by atoms with Crippen molar-refractivity contribution in [2.24, 2.45) is 0 Å². The lowest BCUT2D eigenvalue weighted by Crippen LogP contribution is -2.07. The molecule has 8 heteroatoms. The third kappa shape index (κ3) is 2.55. The molecule has 0 amide bonds. The van der Waals surface area contributed by atoms with Crippen molar-refractivity contribution in [3.63, 3.8) is 0 Å². The number of hydrogen-bond acceptors (Lipinski definition) is 7. The zero-order chi connectivity index (χ0) is 13.9. The van der Waals surface area contributed by atoms with Crippen LogP contribution in [0.4, 0.5) is 11.8 Å². The average molecular weight is 289 g/mol. The highest BCUT2D eigenvalue weighted by atomic mass is 32.1. The second-order valence-corrected chi connectivity index (χ2v) is 5.60. The molecule has 0 aliphatic rings. The van der Waals surface area contributed by atoms with E-state index >= 15 is 0 Å². The molecule has 3 aromatic rings. The first-order chi connectivity index (χ1) is 9.76. The van der Waals surface area contributed by atoms with Crippen LogP contribution in [0.25, 0.3) is 11.0 Å². The average Bonchev–Trinajstić information content (AvgIpc) is 3.05. The Balaban J connectivity index is 1.87. The molecule has 3 N–H and O–H groups in total. The molecule has 0 atom stereocenters. The predicted octanol–water partition coefficient (Wildman–Crippen LogP) is 2.16. The number of aromatic amines is 1. The molecule has 3 rings (SSSR count). The summed E-state index contributed by atoms with van der Waals surface area (Å²) in [6, 6.07) is 0. The highest BCUT2D eigenvalue weighted by Gasteiger charge is 2.09. The first-order valence-corrected chi connectivity index (χ1v) is 7.18. The minimum atomic E-state index is 0.585. The van der Waals surface area contributed by atoms with Gasteiger partial charge in [0, 0.05) is 17.6 Å². The summed E-state index contributed by atoms with van der Waals surface area (Å²) >= 11 is 1.67. The van der Waals surface area contributed by atoms with Crippen molar-refractivity contribution in [1.29, 1.82) is 0 Å². The maximum atomic E-state index is 4.47. The number of nitrogens with zero attached hydrogens (tertiary/aromatic N) is 4. The Labute approximate surface area is 119 Å². The van der Waals surface area contributed by atoms with E-state index in [4.69, 9.17) is 0 Å². The summed E-state index contributed by atoms with van der Waals surface area (Å²) < 4.78 is 0. The van der Waals surface area contributed by atoms with Gasteiger partial charge in [-0.25, -0.2) is 4.98 Å². The standard InChI is InChI=1S/C12H15N7S/c1-3-13-12-17-10(8-5-16-19-11(8)18-12)15-6-9-14-4-7(2)20-9/h4-5H,3,6H2,1-2H3,(H3,13,15,16,17,18,19). The molecule has 0 unspecified atom stereocenters. The molecule has 7 nitrogen and oxygen atoms in total. The second kappa shape index (κ2) is 5.41. The molecule has 3 heterocycles. The molecular weight excluding hydrogens is 274 g/mol. The second-order valence-electron chi connectivity index (χ2n) is 4.28. The number of hydrogen-bond donors (Lipinski definition) is 3. The van der Waals surface area contributed by atoms with Gasteiger partial charge in [0.1, 0.15) is 10.8 Å². The van der Waals surface area contributed by atoms with E-state index in [1.165, 1.54) is 4.88 Å². The van der Waals surface area contributed by atoms with Gasteiger partial charge in [0.2, 0.25) is 5.95 Å². The van der Waals surface area contributed by atoms with Crippen LogP contribution in [0.2, 0.25) is 0 Å². The van der Waals surface area contributed by atoms with Crippen molar-refractivity contribution in [2.45, 2.75) is 20.4 Å². The molecule has 0 fully saturated rings. The Bertz CT molecular complexity index is 717. The Morgan fingerprint density at radius 2 is 2.15 bits per heavy atom. The van der Waals surface area contributed by atoms with Crippen LogP contribution in [0.1, 0.15) is 16.8 Å². The van der Waals surface area contributed by atoms with Gasteiger partial charge in [-0.1, -0.05) is 0 Å². The van der Waals surface area contributed by atoms with Gasteiger partial charge < -0.3 is 10.6 Å². The van der Waals surface area contributed by atoms with E-state index < -0.39 is 0 Å². The van der Waals surface area contributed by atoms with Crippen LogP contribution in [0, 0.1) is 6.92 Å². The summed E-state index contributed by atoms with van der Waals surface area (Å²) in [6.45, 7) is 5.46. The summed E-state index contributed by atoms with van der Waals surface area (Å²) in [7, 11) is 0. The number of aromatic nitrogens is 5. The largest absolute Gasteiger partial charge is 0.363 e. The summed E-state index contributed by atoms with van der Waals surface area (Å²) in [6.07, 6.45) is 3.60. The fourth-order valence-electron chi connectivity index (χ4n) is 1.85. The summed E-state index contributed by atoms with van der Waals surface area (Å²) in [5, 5.41) is 15.2. The third-order valence-electron chi connectivity index (χ3n) is 2.72. The number of thiazole rings is 1. The van der Waals surface area contributed by atoms with Crippen LogP contribution in [0.5, 0.6) is 0 Å². The van der Waals surface area contributed by atoms with Crippen LogP contribution < -0.4 is 10.6 Å². The Morgan fingerprint density at radius 1 is 1.25 bits per heavy atom. The summed E-state index contributed by atoms with van der Waals surface area (Å²) in [5.74, 6) is 1.34. The predicted molar refractivity (Wildman–Crippen MR) is 80.0 cm³/mol. The van der Waals surface area contributed by atoms with Gasteiger partial charge in [-0.3, -0.25) is 5.10 Å². The number of nitrogens with one attached hydrogen (secondary N) is 3. The minimum Gasteiger partial charge on any atom is -0.363 e. The fourth-order valence-corrected chi connectivity index (χ4v) is 2.58. The zero-order valence-electron chi connectivity index (χ0n) is 11.3. The van der Waals surface area contributed by atoms with E-state index in [-0.39, 0.29) is 0 Å². The van der Waals surface area contributed by atoms with Gasteiger partial charge >= 0.3 is 0 Å². The van der Waals surface area contributed by atoms with E-state index in [0.29, 0.717) is 18.1 Å². The fraction of sp³-hybridized carbons (Fsp3) is 0.333. The Kier molecular flexibility index (Phi) is 3.46. The lowest BCUT2D eigenvalue weighted by molar-refractivity contribution is 1.05. The highest BCUT2D eigenvalue weighted by molar-refractivity contribution is 7.11. The Morgan fingerprint density at radius 3 is 2.90 bits per heavy atom. The maximum absolute atomic E-state index is 4.47. The SMILES string of the molecule is CCNc1nc(NCc2ncc(C)s2)c2cn[nH]c2n1. The normalized spacial score (nSPS) is 10.9. The van der Waals surface area contributed by atoms with E-state index in [1.54, 1.807) is 17.5 Å². The number of H-pyrrole nitrogens is 1. The van der Waals surface area contributed by atoms with Crippen molar-refractivity contribution in [2.75, 3.05) is 17.2 Å². The molecule has 0 bridgehead atoms. The van der Waals surface area contributed by atoms with Crippen LogP contribution >= 0.6 is 11.3 Å². The van der Waals surface area contributed by atoms with Crippen molar-refractivity contribution >= 4 is 34.1 Å². The lowest BCUT2D eigenvalue weighted by Gasteiger charge is -2.07. The molecule has 0 saturated carbocycles. The molecule has 20 heavy (non-hydrogen) atoms. The number of aryl methyl sites for hydroxylation is 1. The minimum absolute atomic E-state index is 0.585. The quantitative estimate of drug-likeness (QED) is 0.666. The van der Waals surface area contributed by atoms with E-state index in [1.807, 2.05) is 20.0 Å². The van der Waals surface area contributed by atoms with Crippen LogP contribution in [0.15, 0.2) is 12.4 Å². The number of anilines is 2. The lowest BCUT2D eigenvalue weighted by atomic mass is 10.4. The number of rotatable bonds is 5. The molecule has 0 radical (unpaired) electrons. The molecule has 104 valence electrons. The van der Waals surface area contributed by atoms with Crippen molar-refractivity contribution in [3.05, 3.63) is 22.3 Å². The zero-order valence-corrected chi connectivity index (χ0v) is 12.1. The van der Waals surface area contributed by atoms with Gasteiger partial charge in [0.05, 0.1) is 18.1 Å². The molecule has 0 aliphatic heterocycles. The Hall–Kier alpha value is -2.22. The van der Waals surface area contributed by atoms with Crippen LogP contribution in [0.3, 0.4) is 0 Å². The van der Waals surface area contributed by atoms with Crippen LogP contribution in [-0.4, -0.2) is 31.7 Å². The molecule has 0 aliphatic carbocycles. The summed E-state index contributed by atoms with van der Waals surface area (Å²) in [5.41, 5.74) is 0.716. The smallest absolute Gasteiger partial charge is 0.226 e. The number of fused-ring (bicyclic) bond motifs is 1. The van der Waals surface area contributed by atoms with Crippen molar-refractivity contribution in [3.8, 4) is 0 Å². The van der Waals surface area contributed by atoms with Gasteiger partial charge in [0.25, 0.3) is 0 Å². The third-order valence-corrected chi connectivity index (χ3v) is 3.63. The summed E-state index contributed by atoms with van der Waals surface area (Å²) in [4.78, 5) is 14.4. The van der Waals surface area contributed by atoms with E-state index in [2.05, 4.69) is 35.8 Å². The van der Waals surface area contributed by atoms with Gasteiger partial charge in [-0.2, -0.15) is 15.1 Å². The van der Waals surface area contributed by atoms with Gasteiger partial charge in [0.15, 0.2) is 5.65 Å². The first-order valence-electron chi connectivity index (χ1n) is 6.36. The van der Waals surface area contributed by atoms with E-state index in [0.717, 1.165) is 22.8 Å².